The van der Waals surface area contributed by atoms with Gasteiger partial charge in [-0.15, -0.1) is 0 Å². The van der Waals surface area contributed by atoms with E-state index in [0.29, 0.717) is 25.0 Å². The minimum atomic E-state index is -4.40. The molecule has 10 nitrogen and oxygen atoms in total. The van der Waals surface area contributed by atoms with Crippen LogP contribution >= 0.6 is 7.82 Å². The van der Waals surface area contributed by atoms with Gasteiger partial charge in [0, 0.05) is 19.4 Å². The lowest BCUT2D eigenvalue weighted by Gasteiger charge is -2.19. The summed E-state index contributed by atoms with van der Waals surface area (Å²) in [5.74, 6) is -0.895. The van der Waals surface area contributed by atoms with Gasteiger partial charge >= 0.3 is 19.8 Å². The molecule has 0 radical (unpaired) electrons. The maximum absolute atomic E-state index is 12.6. The third kappa shape index (κ3) is 33.5. The molecule has 0 amide bonds. The molecule has 4 atom stereocenters. The number of esters is 2. The van der Waals surface area contributed by atoms with Crippen LogP contribution in [0, 0.1) is 0 Å². The summed E-state index contributed by atoms with van der Waals surface area (Å²) in [6, 6.07) is 0. The van der Waals surface area contributed by atoms with Crippen LogP contribution in [0.3, 0.4) is 0 Å². The van der Waals surface area contributed by atoms with Crippen molar-refractivity contribution in [1.82, 2.24) is 0 Å². The number of carbonyl (C=O) groups excluding carboxylic acids is 2. The number of phosphoric ester groups is 1. The minimum Gasteiger partial charge on any atom is -0.462 e. The molecule has 3 unspecified atom stereocenters. The van der Waals surface area contributed by atoms with E-state index >= 15 is 0 Å². The molecule has 1 heterocycles. The van der Waals surface area contributed by atoms with E-state index in [4.69, 9.17) is 29.0 Å². The molecule has 0 aromatic rings. The van der Waals surface area contributed by atoms with Crippen molar-refractivity contribution >= 4 is 19.8 Å². The fraction of sp³-hybridized carbons (Fsp3) is 0.689. The zero-order valence-electron chi connectivity index (χ0n) is 34.8. The summed E-state index contributed by atoms with van der Waals surface area (Å²) in [6.07, 6.45) is 46.7. The van der Waals surface area contributed by atoms with Crippen molar-refractivity contribution in [2.24, 2.45) is 5.73 Å². The van der Waals surface area contributed by atoms with Gasteiger partial charge in [-0.25, -0.2) is 4.57 Å². The van der Waals surface area contributed by atoms with Crippen LogP contribution in [0.2, 0.25) is 0 Å². The zero-order chi connectivity index (χ0) is 40.8. The monoisotopic (exact) mass is 806 g/mol. The highest BCUT2D eigenvalue weighted by Crippen LogP contribution is 2.43. The first-order valence-corrected chi connectivity index (χ1v) is 23.0. The first kappa shape index (κ1) is 51.4. The van der Waals surface area contributed by atoms with Gasteiger partial charge in [-0.05, 0) is 83.5 Å². The second-order valence-electron chi connectivity index (χ2n) is 14.2. The molecule has 0 spiro atoms. The van der Waals surface area contributed by atoms with E-state index in [1.165, 1.54) is 25.7 Å². The van der Waals surface area contributed by atoms with E-state index in [-0.39, 0.29) is 32.6 Å². The van der Waals surface area contributed by atoms with Crippen molar-refractivity contribution in [1.29, 1.82) is 0 Å². The van der Waals surface area contributed by atoms with Gasteiger partial charge in [0.1, 0.15) is 6.61 Å². The first-order valence-electron chi connectivity index (χ1n) is 21.5. The van der Waals surface area contributed by atoms with Crippen LogP contribution in [0.5, 0.6) is 0 Å². The van der Waals surface area contributed by atoms with Crippen molar-refractivity contribution in [3.63, 3.8) is 0 Å². The topological polar surface area (TPSA) is 147 Å². The van der Waals surface area contributed by atoms with Gasteiger partial charge in [0.25, 0.3) is 0 Å². The number of phosphoric acid groups is 1. The molecule has 0 aromatic carbocycles. The van der Waals surface area contributed by atoms with Crippen molar-refractivity contribution in [2.45, 2.75) is 173 Å². The van der Waals surface area contributed by atoms with Gasteiger partial charge in [0.2, 0.25) is 0 Å². The predicted molar refractivity (Wildman–Crippen MR) is 228 cm³/mol. The molecule has 11 heteroatoms. The maximum Gasteiger partial charge on any atom is 0.472 e. The molecule has 320 valence electrons. The van der Waals surface area contributed by atoms with Crippen LogP contribution in [0.15, 0.2) is 72.9 Å². The van der Waals surface area contributed by atoms with Gasteiger partial charge in [-0.3, -0.25) is 18.6 Å². The number of hydrogen-bond acceptors (Lipinski definition) is 9. The largest absolute Gasteiger partial charge is 0.472 e. The van der Waals surface area contributed by atoms with E-state index in [1.54, 1.807) is 0 Å². The van der Waals surface area contributed by atoms with Crippen molar-refractivity contribution in [3.05, 3.63) is 72.9 Å². The van der Waals surface area contributed by atoms with Gasteiger partial charge < -0.3 is 24.8 Å². The summed E-state index contributed by atoms with van der Waals surface area (Å²) in [5.41, 5.74) is 5.34. The average Bonchev–Trinajstić information content (AvgIpc) is 3.94. The normalized spacial score (nSPS) is 17.6. The number of epoxide rings is 1. The van der Waals surface area contributed by atoms with Gasteiger partial charge in [0.05, 0.1) is 25.4 Å². The molecule has 0 saturated carbocycles. The SMILES string of the molecule is CC/C=C\C/C=C\C/C=C\C/C=C\C/C=C\CCCCCC(=O)O[C@H](COC(=O)CCCCCCC/C=C\CC1OC1CCCCC)COP(=O)(O)OCCN. The Bertz CT molecular complexity index is 1210. The number of ether oxygens (including phenoxy) is 3. The van der Waals surface area contributed by atoms with E-state index in [2.05, 4.69) is 86.8 Å². The summed E-state index contributed by atoms with van der Waals surface area (Å²) in [7, 11) is -4.40. The molecule has 1 rings (SSSR count). The highest BCUT2D eigenvalue weighted by atomic mass is 31.2. The van der Waals surface area contributed by atoms with E-state index < -0.39 is 32.5 Å². The van der Waals surface area contributed by atoms with Crippen molar-refractivity contribution in [2.75, 3.05) is 26.4 Å². The Balaban J connectivity index is 2.22. The number of hydrogen-bond donors (Lipinski definition) is 2. The first-order chi connectivity index (χ1) is 27.3. The van der Waals surface area contributed by atoms with Crippen molar-refractivity contribution < 1.29 is 42.3 Å². The van der Waals surface area contributed by atoms with Crippen LogP contribution in [-0.2, 0) is 37.4 Å². The molecule has 0 bridgehead atoms. The quantitative estimate of drug-likeness (QED) is 0.0203. The molecular weight excluding hydrogens is 729 g/mol. The Morgan fingerprint density at radius 2 is 1.21 bits per heavy atom. The second kappa shape index (κ2) is 36.7. The predicted octanol–water partition coefficient (Wildman–Crippen LogP) is 11.3. The average molecular weight is 806 g/mol. The summed E-state index contributed by atoms with van der Waals surface area (Å²) >= 11 is 0. The lowest BCUT2D eigenvalue weighted by atomic mass is 10.1. The van der Waals surface area contributed by atoms with Crippen LogP contribution in [0.25, 0.3) is 0 Å². The van der Waals surface area contributed by atoms with Gasteiger partial charge in [-0.2, -0.15) is 0 Å². The fourth-order valence-corrected chi connectivity index (χ4v) is 6.49. The van der Waals surface area contributed by atoms with Crippen LogP contribution in [0.4, 0.5) is 0 Å². The Hall–Kier alpha value is -2.59. The van der Waals surface area contributed by atoms with Crippen LogP contribution in [0.1, 0.15) is 155 Å². The molecule has 56 heavy (non-hydrogen) atoms. The van der Waals surface area contributed by atoms with Gasteiger partial charge in [-0.1, -0.05) is 132 Å². The standard InChI is InChI=1S/C45H76NO9P/c1-3-5-7-8-9-10-11-12-13-14-15-16-17-18-19-20-25-28-32-36-45(48)54-41(40-53-56(49,50)52-38-37-46)39-51-44(47)35-31-27-24-22-21-23-26-30-34-43-42(55-43)33-29-6-4-2/h5,7,9-10,12-13,15-16,18-19,26,30,41-43H,3-4,6,8,11,14,17,20-25,27-29,31-40,46H2,1-2H3,(H,49,50)/b7-5-,10-9-,13-12-,16-15-,19-18-,30-26-/t41-,42?,43?/m1/s1. The highest BCUT2D eigenvalue weighted by molar-refractivity contribution is 7.47. The number of unbranched alkanes of at least 4 members (excludes halogenated alkanes) is 10. The lowest BCUT2D eigenvalue weighted by molar-refractivity contribution is -0.161. The lowest BCUT2D eigenvalue weighted by Crippen LogP contribution is -2.29. The van der Waals surface area contributed by atoms with E-state index in [9.17, 15) is 19.0 Å². The minimum absolute atomic E-state index is 0.0396. The summed E-state index contributed by atoms with van der Waals surface area (Å²) in [4.78, 5) is 34.9. The Kier molecular flexibility index (Phi) is 33.7. The number of carbonyl (C=O) groups is 2. The molecule has 1 aliphatic rings. The Morgan fingerprint density at radius 1 is 0.661 bits per heavy atom. The van der Waals surface area contributed by atoms with Crippen LogP contribution < -0.4 is 5.73 Å². The third-order valence-electron chi connectivity index (χ3n) is 9.00. The Morgan fingerprint density at radius 3 is 1.84 bits per heavy atom. The number of nitrogens with two attached hydrogens (primary N) is 1. The molecule has 1 fully saturated rings. The molecule has 1 aliphatic heterocycles. The molecular formula is C45H76NO9P. The van der Waals surface area contributed by atoms with Crippen LogP contribution in [-0.4, -0.2) is 61.5 Å². The number of rotatable bonds is 38. The third-order valence-corrected chi connectivity index (χ3v) is 9.98. The smallest absolute Gasteiger partial charge is 0.462 e. The maximum atomic E-state index is 12.6. The Labute approximate surface area is 339 Å². The van der Waals surface area contributed by atoms with E-state index in [0.717, 1.165) is 89.9 Å². The molecule has 3 N–H and O–H groups in total. The summed E-state index contributed by atoms with van der Waals surface area (Å²) in [5, 5.41) is 0. The molecule has 0 aliphatic carbocycles. The second-order valence-corrected chi connectivity index (χ2v) is 15.7. The molecule has 0 aromatic heterocycles. The summed E-state index contributed by atoms with van der Waals surface area (Å²) < 4.78 is 38.5. The zero-order valence-corrected chi connectivity index (χ0v) is 35.7. The van der Waals surface area contributed by atoms with Gasteiger partial charge in [0.15, 0.2) is 6.10 Å². The number of allylic oxidation sites excluding steroid dienone is 11. The highest BCUT2D eigenvalue weighted by Gasteiger charge is 2.36. The van der Waals surface area contributed by atoms with E-state index in [1.807, 2.05) is 0 Å². The van der Waals surface area contributed by atoms with Crippen molar-refractivity contribution in [3.8, 4) is 0 Å². The molecule has 1 saturated heterocycles. The fourth-order valence-electron chi connectivity index (χ4n) is 5.72. The summed E-state index contributed by atoms with van der Waals surface area (Å²) in [6.45, 7) is 3.50.